The van der Waals surface area contributed by atoms with E-state index in [0.29, 0.717) is 23.9 Å². The zero-order chi connectivity index (χ0) is 14.8. The van der Waals surface area contributed by atoms with E-state index in [1.54, 1.807) is 30.1 Å². The molecule has 2 N–H and O–H groups in total. The molecule has 1 unspecified atom stereocenters. The molecule has 0 spiro atoms. The molecule has 0 radical (unpaired) electrons. The molecule has 0 fully saturated rings. The molecule has 0 amide bonds. The predicted molar refractivity (Wildman–Crippen MR) is 78.8 cm³/mol. The first-order valence-corrected chi connectivity index (χ1v) is 8.47. The number of fused-ring (bicyclic) bond motifs is 1. The smallest absolute Gasteiger partial charge is 0.260 e. The number of rotatable bonds is 7. The Kier molecular flexibility index (Phi) is 4.63. The standard InChI is InChI=1S/C11H18N4O3S2/c1-8(7-18-3)6-13-20(16,17)10-9(12-2)14-11-15(10)4-5-19-11/h4-5,8,12-13H,6-7H2,1-3H3. The van der Waals surface area contributed by atoms with Gasteiger partial charge in [-0.1, -0.05) is 6.92 Å². The second kappa shape index (κ2) is 6.08. The number of thiazole rings is 1. The van der Waals surface area contributed by atoms with E-state index in [1.807, 2.05) is 6.92 Å². The Bertz CT molecular complexity index is 677. The van der Waals surface area contributed by atoms with Gasteiger partial charge in [-0.15, -0.1) is 11.3 Å². The fraction of sp³-hybridized carbons (Fsp3) is 0.545. The summed E-state index contributed by atoms with van der Waals surface area (Å²) in [4.78, 5) is 4.89. The van der Waals surface area contributed by atoms with Crippen molar-refractivity contribution in [2.45, 2.75) is 11.9 Å². The molecule has 7 nitrogen and oxygen atoms in total. The highest BCUT2D eigenvalue weighted by atomic mass is 32.2. The van der Waals surface area contributed by atoms with Crippen molar-refractivity contribution in [3.8, 4) is 0 Å². The van der Waals surface area contributed by atoms with Crippen molar-refractivity contribution >= 4 is 32.1 Å². The van der Waals surface area contributed by atoms with Crippen LogP contribution < -0.4 is 10.0 Å². The number of sulfonamides is 1. The Hall–Kier alpha value is -1.16. The fourth-order valence-electron chi connectivity index (χ4n) is 1.85. The van der Waals surface area contributed by atoms with E-state index in [4.69, 9.17) is 4.74 Å². The molecule has 9 heteroatoms. The van der Waals surface area contributed by atoms with Crippen LogP contribution in [-0.2, 0) is 14.8 Å². The van der Waals surface area contributed by atoms with Gasteiger partial charge in [0.15, 0.2) is 15.8 Å². The highest BCUT2D eigenvalue weighted by molar-refractivity contribution is 7.89. The number of anilines is 1. The van der Waals surface area contributed by atoms with Crippen LogP contribution in [0.2, 0.25) is 0 Å². The molecule has 1 atom stereocenters. The number of ether oxygens (including phenoxy) is 1. The second-order valence-electron chi connectivity index (χ2n) is 4.48. The van der Waals surface area contributed by atoms with Crippen LogP contribution in [0.1, 0.15) is 6.92 Å². The molecule has 2 heterocycles. The van der Waals surface area contributed by atoms with E-state index < -0.39 is 10.0 Å². The van der Waals surface area contributed by atoms with Gasteiger partial charge in [0.2, 0.25) is 0 Å². The summed E-state index contributed by atoms with van der Waals surface area (Å²) >= 11 is 1.39. The van der Waals surface area contributed by atoms with E-state index >= 15 is 0 Å². The molecular formula is C11H18N4O3S2. The number of nitrogens with zero attached hydrogens (tertiary/aromatic N) is 2. The molecular weight excluding hydrogens is 300 g/mol. The Morgan fingerprint density at radius 2 is 2.30 bits per heavy atom. The van der Waals surface area contributed by atoms with Gasteiger partial charge in [0.1, 0.15) is 0 Å². The summed E-state index contributed by atoms with van der Waals surface area (Å²) in [6, 6.07) is 0. The fourth-order valence-corrected chi connectivity index (χ4v) is 4.07. The average Bonchev–Trinajstić information content (AvgIpc) is 2.96. The maximum Gasteiger partial charge on any atom is 0.260 e. The van der Waals surface area contributed by atoms with Crippen molar-refractivity contribution in [1.29, 1.82) is 0 Å². The molecule has 0 aliphatic rings. The Balaban J connectivity index is 2.29. The lowest BCUT2D eigenvalue weighted by Gasteiger charge is -2.12. The summed E-state index contributed by atoms with van der Waals surface area (Å²) in [5.74, 6) is 0.447. The summed E-state index contributed by atoms with van der Waals surface area (Å²) in [5, 5.41) is 4.76. The monoisotopic (exact) mass is 318 g/mol. The Morgan fingerprint density at radius 1 is 1.55 bits per heavy atom. The van der Waals surface area contributed by atoms with Gasteiger partial charge in [-0.25, -0.2) is 18.1 Å². The molecule has 112 valence electrons. The van der Waals surface area contributed by atoms with Crippen LogP contribution in [0.4, 0.5) is 5.82 Å². The van der Waals surface area contributed by atoms with Crippen molar-refractivity contribution in [2.75, 3.05) is 32.6 Å². The number of hydrogen-bond acceptors (Lipinski definition) is 6. The molecule has 0 saturated carbocycles. The quantitative estimate of drug-likeness (QED) is 0.795. The topological polar surface area (TPSA) is 84.7 Å². The lowest BCUT2D eigenvalue weighted by Crippen LogP contribution is -2.31. The van der Waals surface area contributed by atoms with E-state index in [0.717, 1.165) is 0 Å². The van der Waals surface area contributed by atoms with Gasteiger partial charge in [-0.2, -0.15) is 0 Å². The van der Waals surface area contributed by atoms with Crippen LogP contribution in [0.5, 0.6) is 0 Å². The Morgan fingerprint density at radius 3 is 2.95 bits per heavy atom. The van der Waals surface area contributed by atoms with E-state index in [9.17, 15) is 8.42 Å². The molecule has 2 aromatic rings. The number of imidazole rings is 1. The predicted octanol–water partition coefficient (Wildman–Crippen LogP) is 0.998. The highest BCUT2D eigenvalue weighted by Gasteiger charge is 2.25. The van der Waals surface area contributed by atoms with Crippen molar-refractivity contribution < 1.29 is 13.2 Å². The van der Waals surface area contributed by atoms with Gasteiger partial charge in [-0.05, 0) is 5.92 Å². The highest BCUT2D eigenvalue weighted by Crippen LogP contribution is 2.25. The maximum atomic E-state index is 12.4. The molecule has 0 aliphatic carbocycles. The van der Waals surface area contributed by atoms with Gasteiger partial charge in [-0.3, -0.25) is 4.40 Å². The molecule has 0 aromatic carbocycles. The van der Waals surface area contributed by atoms with Crippen LogP contribution in [0.25, 0.3) is 4.96 Å². The molecule has 20 heavy (non-hydrogen) atoms. The number of nitrogens with one attached hydrogen (secondary N) is 2. The van der Waals surface area contributed by atoms with Crippen LogP contribution in [0.15, 0.2) is 16.6 Å². The first-order chi connectivity index (χ1) is 9.49. The zero-order valence-corrected chi connectivity index (χ0v) is 13.2. The third kappa shape index (κ3) is 2.95. The Labute approximate surface area is 122 Å². The summed E-state index contributed by atoms with van der Waals surface area (Å²) in [7, 11) is -0.385. The molecule has 0 saturated heterocycles. The number of aromatic nitrogens is 2. The summed E-state index contributed by atoms with van der Waals surface area (Å²) in [5.41, 5.74) is 0. The second-order valence-corrected chi connectivity index (χ2v) is 7.04. The largest absolute Gasteiger partial charge is 0.384 e. The average molecular weight is 318 g/mol. The minimum atomic E-state index is -3.63. The first kappa shape index (κ1) is 15.2. The SMILES string of the molecule is CNc1nc2sccn2c1S(=O)(=O)NCC(C)COC. The van der Waals surface area contributed by atoms with Crippen molar-refractivity contribution in [1.82, 2.24) is 14.1 Å². The molecule has 2 rings (SSSR count). The lowest BCUT2D eigenvalue weighted by molar-refractivity contribution is 0.161. The third-order valence-corrected chi connectivity index (χ3v) is 4.99. The van der Waals surface area contributed by atoms with E-state index in [1.165, 1.54) is 11.3 Å². The van der Waals surface area contributed by atoms with Gasteiger partial charge in [0, 0.05) is 38.9 Å². The normalized spacial score (nSPS) is 13.8. The number of hydrogen-bond donors (Lipinski definition) is 2. The zero-order valence-electron chi connectivity index (χ0n) is 11.6. The van der Waals surface area contributed by atoms with Crippen LogP contribution >= 0.6 is 11.3 Å². The summed E-state index contributed by atoms with van der Waals surface area (Å²) in [6.45, 7) is 2.74. The molecule has 2 aromatic heterocycles. The molecule has 0 aliphatic heterocycles. The van der Waals surface area contributed by atoms with Gasteiger partial charge in [0.05, 0.1) is 0 Å². The minimum absolute atomic E-state index is 0.0960. The third-order valence-electron chi connectivity index (χ3n) is 2.78. The van der Waals surface area contributed by atoms with E-state index in [-0.39, 0.29) is 10.9 Å². The van der Waals surface area contributed by atoms with Crippen molar-refractivity contribution in [3.05, 3.63) is 11.6 Å². The first-order valence-electron chi connectivity index (χ1n) is 6.11. The van der Waals surface area contributed by atoms with Gasteiger partial charge in [0.25, 0.3) is 10.0 Å². The van der Waals surface area contributed by atoms with Crippen molar-refractivity contribution in [2.24, 2.45) is 5.92 Å². The molecule has 0 bridgehead atoms. The maximum absolute atomic E-state index is 12.4. The number of methoxy groups -OCH3 is 1. The van der Waals surface area contributed by atoms with Gasteiger partial charge < -0.3 is 10.1 Å². The van der Waals surface area contributed by atoms with E-state index in [2.05, 4.69) is 15.0 Å². The van der Waals surface area contributed by atoms with Crippen LogP contribution in [0, 0.1) is 5.92 Å². The lowest BCUT2D eigenvalue weighted by atomic mass is 10.2. The minimum Gasteiger partial charge on any atom is -0.384 e. The van der Waals surface area contributed by atoms with Crippen LogP contribution in [-0.4, -0.2) is 45.1 Å². The van der Waals surface area contributed by atoms with Gasteiger partial charge >= 0.3 is 0 Å². The van der Waals surface area contributed by atoms with Crippen LogP contribution in [0.3, 0.4) is 0 Å². The summed E-state index contributed by atoms with van der Waals surface area (Å²) < 4.78 is 34.1. The van der Waals surface area contributed by atoms with Crippen molar-refractivity contribution in [3.63, 3.8) is 0 Å². The summed E-state index contributed by atoms with van der Waals surface area (Å²) in [6.07, 6.45) is 1.70.